The third-order valence-corrected chi connectivity index (χ3v) is 2.20. The van der Waals surface area contributed by atoms with Gasteiger partial charge in [-0.15, -0.1) is 0 Å². The molecule has 1 unspecified atom stereocenters. The van der Waals surface area contributed by atoms with Gasteiger partial charge in [-0.1, -0.05) is 24.3 Å². The summed E-state index contributed by atoms with van der Waals surface area (Å²) in [5.41, 5.74) is 7.85. The van der Waals surface area contributed by atoms with Crippen LogP contribution in [0.3, 0.4) is 0 Å². The predicted molar refractivity (Wildman–Crippen MR) is 58.2 cm³/mol. The van der Waals surface area contributed by atoms with Crippen molar-refractivity contribution in [3.63, 3.8) is 0 Å². The van der Waals surface area contributed by atoms with E-state index >= 15 is 0 Å². The predicted octanol–water partition coefficient (Wildman–Crippen LogP) is 1.84. The molecule has 0 fully saturated rings. The van der Waals surface area contributed by atoms with Crippen LogP contribution >= 0.6 is 0 Å². The van der Waals surface area contributed by atoms with Gasteiger partial charge in [0.25, 0.3) is 0 Å². The van der Waals surface area contributed by atoms with Gasteiger partial charge in [0.15, 0.2) is 0 Å². The van der Waals surface area contributed by atoms with Gasteiger partial charge < -0.3 is 5.73 Å². The Hall–Kier alpha value is -1.15. The van der Waals surface area contributed by atoms with Crippen molar-refractivity contribution in [3.8, 4) is 0 Å². The zero-order chi connectivity index (χ0) is 10.6. The Balaban J connectivity index is 2.61. The van der Waals surface area contributed by atoms with Crippen molar-refractivity contribution in [2.75, 3.05) is 0 Å². The summed E-state index contributed by atoms with van der Waals surface area (Å²) < 4.78 is 0. The number of benzene rings is 1. The first-order valence-corrected chi connectivity index (χ1v) is 4.91. The first-order chi connectivity index (χ1) is 6.59. The Bertz CT molecular complexity index is 318. The third-order valence-electron chi connectivity index (χ3n) is 2.20. The summed E-state index contributed by atoms with van der Waals surface area (Å²) >= 11 is 0. The molecule has 0 amide bonds. The van der Waals surface area contributed by atoms with E-state index in [9.17, 15) is 4.79 Å². The lowest BCUT2D eigenvalue weighted by Gasteiger charge is -2.06. The smallest absolute Gasteiger partial charge is 0.138 e. The molecule has 0 spiro atoms. The lowest BCUT2D eigenvalue weighted by atomic mass is 10.0. The highest BCUT2D eigenvalue weighted by molar-refractivity contribution is 5.81. The molecule has 0 heterocycles. The quantitative estimate of drug-likeness (QED) is 0.789. The van der Waals surface area contributed by atoms with Crippen molar-refractivity contribution >= 4 is 5.78 Å². The molecule has 0 aliphatic carbocycles. The summed E-state index contributed by atoms with van der Waals surface area (Å²) in [6, 6.07) is 7.92. The third kappa shape index (κ3) is 3.30. The van der Waals surface area contributed by atoms with Gasteiger partial charge in [-0.05, 0) is 25.0 Å². The van der Waals surface area contributed by atoms with E-state index in [0.717, 1.165) is 5.56 Å². The Morgan fingerprint density at radius 2 is 2.07 bits per heavy atom. The summed E-state index contributed by atoms with van der Waals surface area (Å²) in [7, 11) is 0. The number of ketones is 1. The average Bonchev–Trinajstić information content (AvgIpc) is 2.07. The lowest BCUT2D eigenvalue weighted by molar-refractivity contribution is -0.118. The minimum atomic E-state index is -0.0356. The Labute approximate surface area is 85.1 Å². The Morgan fingerprint density at radius 1 is 1.43 bits per heavy atom. The summed E-state index contributed by atoms with van der Waals surface area (Å²) in [4.78, 5) is 11.5. The first kappa shape index (κ1) is 10.9. The highest BCUT2D eigenvalue weighted by Crippen LogP contribution is 2.09. The Morgan fingerprint density at radius 3 is 2.64 bits per heavy atom. The van der Waals surface area contributed by atoms with Crippen molar-refractivity contribution in [1.82, 2.24) is 0 Å². The Kier molecular flexibility index (Phi) is 3.84. The van der Waals surface area contributed by atoms with Gasteiger partial charge in [0.2, 0.25) is 0 Å². The number of hydrogen-bond acceptors (Lipinski definition) is 2. The molecule has 0 saturated carbocycles. The van der Waals surface area contributed by atoms with Gasteiger partial charge in [0.1, 0.15) is 5.78 Å². The highest BCUT2D eigenvalue weighted by atomic mass is 16.1. The second kappa shape index (κ2) is 4.91. The summed E-state index contributed by atoms with van der Waals surface area (Å²) in [5.74, 6) is 0.217. The molecule has 1 aromatic carbocycles. The minimum Gasteiger partial charge on any atom is -0.328 e. The zero-order valence-corrected chi connectivity index (χ0v) is 8.79. The molecule has 76 valence electrons. The standard InChI is InChI=1S/C12H17NO/c1-9-5-3-4-6-11(9)8-12(14)7-10(2)13/h3-6,10H,7-8,13H2,1-2H3. The zero-order valence-electron chi connectivity index (χ0n) is 8.79. The molecule has 2 nitrogen and oxygen atoms in total. The van der Waals surface area contributed by atoms with Gasteiger partial charge >= 0.3 is 0 Å². The maximum absolute atomic E-state index is 11.5. The number of hydrogen-bond donors (Lipinski definition) is 1. The molecule has 14 heavy (non-hydrogen) atoms. The molecule has 0 saturated heterocycles. The molecular formula is C12H17NO. The van der Waals surface area contributed by atoms with E-state index in [-0.39, 0.29) is 11.8 Å². The van der Waals surface area contributed by atoms with Crippen LogP contribution in [0.4, 0.5) is 0 Å². The largest absolute Gasteiger partial charge is 0.328 e. The van der Waals surface area contributed by atoms with Crippen molar-refractivity contribution in [2.24, 2.45) is 5.73 Å². The summed E-state index contributed by atoms with van der Waals surface area (Å²) in [6.07, 6.45) is 0.975. The van der Waals surface area contributed by atoms with Gasteiger partial charge in [-0.3, -0.25) is 4.79 Å². The first-order valence-electron chi connectivity index (χ1n) is 4.91. The molecule has 2 N–H and O–H groups in total. The number of Topliss-reactive ketones (excluding diaryl/α,β-unsaturated/α-hetero) is 1. The lowest BCUT2D eigenvalue weighted by Crippen LogP contribution is -2.20. The van der Waals surface area contributed by atoms with Crippen LogP contribution in [0.5, 0.6) is 0 Å². The maximum atomic E-state index is 11.5. The van der Waals surface area contributed by atoms with Gasteiger partial charge in [-0.25, -0.2) is 0 Å². The van der Waals surface area contributed by atoms with Gasteiger partial charge in [0, 0.05) is 18.9 Å². The second-order valence-corrected chi connectivity index (χ2v) is 3.82. The van der Waals surface area contributed by atoms with E-state index in [2.05, 4.69) is 0 Å². The molecule has 0 aliphatic heterocycles. The van der Waals surface area contributed by atoms with E-state index in [4.69, 9.17) is 5.73 Å². The molecule has 0 bridgehead atoms. The van der Waals surface area contributed by atoms with Crippen LogP contribution in [0.2, 0.25) is 0 Å². The molecule has 1 rings (SSSR count). The molecule has 2 heteroatoms. The van der Waals surface area contributed by atoms with Crippen LogP contribution < -0.4 is 5.73 Å². The van der Waals surface area contributed by atoms with Crippen molar-refractivity contribution in [1.29, 1.82) is 0 Å². The van der Waals surface area contributed by atoms with Crippen molar-refractivity contribution < 1.29 is 4.79 Å². The number of aryl methyl sites for hydroxylation is 1. The fraction of sp³-hybridized carbons (Fsp3) is 0.417. The van der Waals surface area contributed by atoms with E-state index in [1.54, 1.807) is 0 Å². The molecule has 0 aliphatic rings. The van der Waals surface area contributed by atoms with Crippen LogP contribution in [0.1, 0.15) is 24.5 Å². The van der Waals surface area contributed by atoms with E-state index in [1.165, 1.54) is 5.56 Å². The summed E-state index contributed by atoms with van der Waals surface area (Å²) in [5, 5.41) is 0. The number of nitrogens with two attached hydrogens (primary N) is 1. The average molecular weight is 191 g/mol. The van der Waals surface area contributed by atoms with Crippen LogP contribution in [-0.2, 0) is 11.2 Å². The van der Waals surface area contributed by atoms with E-state index in [1.807, 2.05) is 38.1 Å². The number of carbonyl (C=O) groups is 1. The number of carbonyl (C=O) groups excluding carboxylic acids is 1. The fourth-order valence-electron chi connectivity index (χ4n) is 1.45. The number of rotatable bonds is 4. The van der Waals surface area contributed by atoms with Gasteiger partial charge in [-0.2, -0.15) is 0 Å². The van der Waals surface area contributed by atoms with Crippen LogP contribution in [0, 0.1) is 6.92 Å². The highest BCUT2D eigenvalue weighted by Gasteiger charge is 2.07. The SMILES string of the molecule is Cc1ccccc1CC(=O)CC(C)N. The fourth-order valence-corrected chi connectivity index (χ4v) is 1.45. The van der Waals surface area contributed by atoms with Crippen LogP contribution in [0.25, 0.3) is 0 Å². The molecule has 1 aromatic rings. The minimum absolute atomic E-state index is 0.0356. The van der Waals surface area contributed by atoms with Crippen LogP contribution in [-0.4, -0.2) is 11.8 Å². The van der Waals surface area contributed by atoms with Crippen LogP contribution in [0.15, 0.2) is 24.3 Å². The molecular weight excluding hydrogens is 174 g/mol. The molecule has 0 aromatic heterocycles. The second-order valence-electron chi connectivity index (χ2n) is 3.82. The monoisotopic (exact) mass is 191 g/mol. The van der Waals surface area contributed by atoms with E-state index in [0.29, 0.717) is 12.8 Å². The van der Waals surface area contributed by atoms with Gasteiger partial charge in [0.05, 0.1) is 0 Å². The van der Waals surface area contributed by atoms with Crippen molar-refractivity contribution in [3.05, 3.63) is 35.4 Å². The normalized spacial score (nSPS) is 12.5. The summed E-state index contributed by atoms with van der Waals surface area (Å²) in [6.45, 7) is 3.88. The molecule has 1 atom stereocenters. The van der Waals surface area contributed by atoms with Crippen molar-refractivity contribution in [2.45, 2.75) is 32.7 Å². The molecule has 0 radical (unpaired) electrons. The van der Waals surface area contributed by atoms with E-state index < -0.39 is 0 Å². The maximum Gasteiger partial charge on any atom is 0.138 e. The topological polar surface area (TPSA) is 43.1 Å².